The van der Waals surface area contributed by atoms with E-state index in [-0.39, 0.29) is 30.9 Å². The lowest BCUT2D eigenvalue weighted by Gasteiger charge is -2.09. The van der Waals surface area contributed by atoms with Gasteiger partial charge in [-0.05, 0) is 38.1 Å². The molecule has 5 N–H and O–H groups in total. The third kappa shape index (κ3) is 6.42. The van der Waals surface area contributed by atoms with Gasteiger partial charge in [0.05, 0.1) is 13.1 Å². The van der Waals surface area contributed by atoms with Gasteiger partial charge in [0.25, 0.3) is 5.91 Å². The van der Waals surface area contributed by atoms with Crippen LogP contribution in [0.15, 0.2) is 24.3 Å². The Morgan fingerprint density at radius 3 is 2.14 bits per heavy atom. The van der Waals surface area contributed by atoms with Crippen molar-refractivity contribution >= 4 is 23.4 Å². The Balaban J connectivity index is 2.31. The molecule has 0 saturated carbocycles. The first-order valence-corrected chi connectivity index (χ1v) is 6.58. The van der Waals surface area contributed by atoms with Gasteiger partial charge in [0.2, 0.25) is 11.8 Å². The number of amides is 3. The highest BCUT2D eigenvalue weighted by Gasteiger charge is 2.09. The highest BCUT2D eigenvalue weighted by molar-refractivity contribution is 5.97. The second kappa shape index (κ2) is 7.88. The minimum absolute atomic E-state index is 0.0135. The molecule has 114 valence electrons. The highest BCUT2D eigenvalue weighted by atomic mass is 16.2. The average Bonchev–Trinajstić information content (AvgIpc) is 2.42. The van der Waals surface area contributed by atoms with Crippen molar-refractivity contribution in [2.24, 2.45) is 0 Å². The molecule has 0 aliphatic rings. The third-order valence-electron chi connectivity index (χ3n) is 2.48. The van der Waals surface area contributed by atoms with Gasteiger partial charge in [-0.2, -0.15) is 0 Å². The van der Waals surface area contributed by atoms with Crippen molar-refractivity contribution in [2.45, 2.75) is 19.9 Å². The molecule has 21 heavy (non-hydrogen) atoms. The molecule has 0 aromatic heterocycles. The summed E-state index contributed by atoms with van der Waals surface area (Å²) >= 11 is 0. The molecule has 0 aliphatic carbocycles. The monoisotopic (exact) mass is 292 g/mol. The molecule has 0 saturated heterocycles. The first-order chi connectivity index (χ1) is 9.88. The molecular weight excluding hydrogens is 272 g/mol. The van der Waals surface area contributed by atoms with E-state index in [0.717, 1.165) is 0 Å². The Labute approximate surface area is 123 Å². The third-order valence-corrected chi connectivity index (χ3v) is 2.48. The zero-order chi connectivity index (χ0) is 15.8. The van der Waals surface area contributed by atoms with E-state index < -0.39 is 5.91 Å². The van der Waals surface area contributed by atoms with Gasteiger partial charge in [-0.15, -0.1) is 0 Å². The summed E-state index contributed by atoms with van der Waals surface area (Å²) in [6, 6.07) is 6.35. The molecule has 0 radical (unpaired) electrons. The molecule has 0 aliphatic heterocycles. The zero-order valence-corrected chi connectivity index (χ0v) is 12.1. The number of benzene rings is 1. The van der Waals surface area contributed by atoms with Crippen LogP contribution in [-0.2, 0) is 9.59 Å². The van der Waals surface area contributed by atoms with E-state index >= 15 is 0 Å². The number of carbonyl (C=O) groups excluding carboxylic acids is 3. The molecule has 1 rings (SSSR count). The fraction of sp³-hybridized carbons (Fsp3) is 0.357. The number of nitrogens with two attached hydrogens (primary N) is 1. The van der Waals surface area contributed by atoms with Gasteiger partial charge >= 0.3 is 0 Å². The number of nitrogen functional groups attached to an aromatic ring is 1. The Kier molecular flexibility index (Phi) is 6.19. The zero-order valence-electron chi connectivity index (χ0n) is 12.1. The summed E-state index contributed by atoms with van der Waals surface area (Å²) < 4.78 is 0. The lowest BCUT2D eigenvalue weighted by molar-refractivity contribution is -0.125. The second-order valence-electron chi connectivity index (χ2n) is 4.80. The summed E-state index contributed by atoms with van der Waals surface area (Å²) in [5.74, 6) is -1.09. The number of hydrogen-bond acceptors (Lipinski definition) is 4. The average molecular weight is 292 g/mol. The fourth-order valence-electron chi connectivity index (χ4n) is 1.51. The summed E-state index contributed by atoms with van der Waals surface area (Å²) in [7, 11) is 0. The first-order valence-electron chi connectivity index (χ1n) is 6.58. The van der Waals surface area contributed by atoms with Crippen LogP contribution in [0, 0.1) is 0 Å². The van der Waals surface area contributed by atoms with Crippen molar-refractivity contribution < 1.29 is 14.4 Å². The van der Waals surface area contributed by atoms with Crippen molar-refractivity contribution in [3.05, 3.63) is 29.8 Å². The van der Waals surface area contributed by atoms with Crippen LogP contribution >= 0.6 is 0 Å². The summed E-state index contributed by atoms with van der Waals surface area (Å²) in [5.41, 5.74) is 6.49. The number of carbonyl (C=O) groups is 3. The van der Waals surface area contributed by atoms with Crippen LogP contribution in [0.3, 0.4) is 0 Å². The normalized spacial score (nSPS) is 10.0. The quantitative estimate of drug-likeness (QED) is 0.536. The maximum atomic E-state index is 11.7. The van der Waals surface area contributed by atoms with E-state index in [4.69, 9.17) is 5.73 Å². The fourth-order valence-corrected chi connectivity index (χ4v) is 1.51. The molecule has 0 atom stereocenters. The SMILES string of the molecule is CC(C)NC(=O)CNC(=O)CNC(=O)c1ccc(N)cc1. The standard InChI is InChI=1S/C14H20N4O3/c1-9(2)18-13(20)8-16-12(19)7-17-14(21)10-3-5-11(15)6-4-10/h3-6,9H,7-8,15H2,1-2H3,(H,16,19)(H,17,21)(H,18,20). The molecular formula is C14H20N4O3. The minimum atomic E-state index is -0.433. The largest absolute Gasteiger partial charge is 0.399 e. The predicted molar refractivity (Wildman–Crippen MR) is 79.5 cm³/mol. The Morgan fingerprint density at radius 2 is 1.57 bits per heavy atom. The van der Waals surface area contributed by atoms with E-state index in [1.807, 2.05) is 13.8 Å². The van der Waals surface area contributed by atoms with Gasteiger partial charge in [0, 0.05) is 17.3 Å². The van der Waals surface area contributed by atoms with Crippen molar-refractivity contribution in [3.8, 4) is 0 Å². The summed E-state index contributed by atoms with van der Waals surface area (Å²) in [6.45, 7) is 3.34. The molecule has 0 spiro atoms. The molecule has 1 aromatic carbocycles. The van der Waals surface area contributed by atoms with E-state index in [9.17, 15) is 14.4 Å². The van der Waals surface area contributed by atoms with Crippen molar-refractivity contribution in [2.75, 3.05) is 18.8 Å². The van der Waals surface area contributed by atoms with Gasteiger partial charge < -0.3 is 21.7 Å². The maximum absolute atomic E-state index is 11.7. The van der Waals surface area contributed by atoms with Crippen molar-refractivity contribution in [1.82, 2.24) is 16.0 Å². The van der Waals surface area contributed by atoms with Crippen LogP contribution in [0.4, 0.5) is 5.69 Å². The smallest absolute Gasteiger partial charge is 0.251 e. The van der Waals surface area contributed by atoms with Crippen LogP contribution in [0.25, 0.3) is 0 Å². The molecule has 7 nitrogen and oxygen atoms in total. The number of nitrogens with one attached hydrogen (secondary N) is 3. The number of rotatable bonds is 6. The maximum Gasteiger partial charge on any atom is 0.251 e. The minimum Gasteiger partial charge on any atom is -0.399 e. The van der Waals surface area contributed by atoms with E-state index in [0.29, 0.717) is 11.3 Å². The molecule has 0 heterocycles. The number of hydrogen-bond donors (Lipinski definition) is 4. The lowest BCUT2D eigenvalue weighted by atomic mass is 10.2. The molecule has 0 unspecified atom stereocenters. The molecule has 3 amide bonds. The van der Waals surface area contributed by atoms with E-state index in [1.165, 1.54) is 0 Å². The summed E-state index contributed by atoms with van der Waals surface area (Å²) in [6.07, 6.45) is 0. The highest BCUT2D eigenvalue weighted by Crippen LogP contribution is 2.04. The Hall–Kier alpha value is -2.57. The molecule has 0 fully saturated rings. The van der Waals surface area contributed by atoms with Gasteiger partial charge in [0.15, 0.2) is 0 Å². The Bertz CT molecular complexity index is 511. The first kappa shape index (κ1) is 16.5. The van der Waals surface area contributed by atoms with Crippen LogP contribution in [0.1, 0.15) is 24.2 Å². The van der Waals surface area contributed by atoms with Crippen LogP contribution in [-0.4, -0.2) is 36.9 Å². The lowest BCUT2D eigenvalue weighted by Crippen LogP contribution is -2.43. The molecule has 1 aromatic rings. The summed E-state index contributed by atoms with van der Waals surface area (Å²) in [4.78, 5) is 34.6. The van der Waals surface area contributed by atoms with Crippen LogP contribution in [0.5, 0.6) is 0 Å². The van der Waals surface area contributed by atoms with E-state index in [1.54, 1.807) is 24.3 Å². The number of anilines is 1. The van der Waals surface area contributed by atoms with Crippen molar-refractivity contribution in [3.63, 3.8) is 0 Å². The van der Waals surface area contributed by atoms with Gasteiger partial charge in [-0.3, -0.25) is 14.4 Å². The van der Waals surface area contributed by atoms with Gasteiger partial charge in [0.1, 0.15) is 0 Å². The van der Waals surface area contributed by atoms with Gasteiger partial charge in [-0.1, -0.05) is 0 Å². The van der Waals surface area contributed by atoms with Gasteiger partial charge in [-0.25, -0.2) is 0 Å². The Morgan fingerprint density at radius 1 is 1.00 bits per heavy atom. The van der Waals surface area contributed by atoms with Crippen molar-refractivity contribution in [1.29, 1.82) is 0 Å². The molecule has 0 bridgehead atoms. The topological polar surface area (TPSA) is 113 Å². The molecule has 7 heteroatoms. The predicted octanol–water partition coefficient (Wildman–Crippen LogP) is -0.361. The van der Waals surface area contributed by atoms with Crippen LogP contribution in [0.2, 0.25) is 0 Å². The second-order valence-corrected chi connectivity index (χ2v) is 4.80. The summed E-state index contributed by atoms with van der Waals surface area (Å²) in [5, 5.41) is 7.52. The van der Waals surface area contributed by atoms with E-state index in [2.05, 4.69) is 16.0 Å². The van der Waals surface area contributed by atoms with Crippen LogP contribution < -0.4 is 21.7 Å².